The van der Waals surface area contributed by atoms with Crippen LogP contribution in [0.4, 0.5) is 0 Å². The van der Waals surface area contributed by atoms with E-state index < -0.39 is 0 Å². The van der Waals surface area contributed by atoms with E-state index in [1.807, 2.05) is 14.0 Å². The Bertz CT molecular complexity index is 209. The van der Waals surface area contributed by atoms with Gasteiger partial charge >= 0.3 is 0 Å². The van der Waals surface area contributed by atoms with Crippen LogP contribution in [0.15, 0.2) is 28.8 Å². The second-order valence-corrected chi connectivity index (χ2v) is 3.19. The molecule has 0 saturated heterocycles. The molecule has 0 aliphatic heterocycles. The van der Waals surface area contributed by atoms with Crippen LogP contribution in [-0.4, -0.2) is 12.8 Å². The number of allylic oxidation sites excluding steroid dienone is 3. The number of rotatable bonds is 4. The highest BCUT2D eigenvalue weighted by molar-refractivity contribution is 5.95. The molecule has 0 aliphatic rings. The molecule has 0 amide bonds. The van der Waals surface area contributed by atoms with Gasteiger partial charge in [0.2, 0.25) is 0 Å². The van der Waals surface area contributed by atoms with Gasteiger partial charge < -0.3 is 0 Å². The zero-order valence-corrected chi connectivity index (χ0v) is 8.65. The lowest BCUT2D eigenvalue weighted by molar-refractivity contribution is 1.11. The highest BCUT2D eigenvalue weighted by Gasteiger charge is 1.93. The van der Waals surface area contributed by atoms with Gasteiger partial charge in [0.25, 0.3) is 0 Å². The van der Waals surface area contributed by atoms with Crippen molar-refractivity contribution in [2.24, 2.45) is 4.99 Å². The Morgan fingerprint density at radius 2 is 2.00 bits per heavy atom. The molecule has 0 fully saturated rings. The predicted octanol–water partition coefficient (Wildman–Crippen LogP) is 3.38. The van der Waals surface area contributed by atoms with E-state index in [4.69, 9.17) is 0 Å². The number of hydrogen-bond acceptors (Lipinski definition) is 1. The van der Waals surface area contributed by atoms with Gasteiger partial charge in [-0.1, -0.05) is 24.6 Å². The molecule has 0 rings (SSSR count). The van der Waals surface area contributed by atoms with E-state index in [9.17, 15) is 0 Å². The predicted molar refractivity (Wildman–Crippen MR) is 56.8 cm³/mol. The summed E-state index contributed by atoms with van der Waals surface area (Å²) in [5, 5.41) is 0. The Balaban J connectivity index is 4.23. The highest BCUT2D eigenvalue weighted by atomic mass is 14.7. The summed E-state index contributed by atoms with van der Waals surface area (Å²) in [6.07, 6.45) is 4.14. The zero-order valence-electron chi connectivity index (χ0n) is 8.65. The summed E-state index contributed by atoms with van der Waals surface area (Å²) in [5.41, 5.74) is 3.70. The molecule has 1 nitrogen and oxygen atoms in total. The molecule has 0 aromatic heterocycles. The van der Waals surface area contributed by atoms with Gasteiger partial charge in [-0.3, -0.25) is 4.99 Å². The third-order valence-electron chi connectivity index (χ3n) is 1.64. The van der Waals surface area contributed by atoms with Gasteiger partial charge in [0.05, 0.1) is 0 Å². The maximum atomic E-state index is 4.16. The van der Waals surface area contributed by atoms with Crippen LogP contribution in [0.25, 0.3) is 0 Å². The van der Waals surface area contributed by atoms with Crippen LogP contribution in [0.5, 0.6) is 0 Å². The van der Waals surface area contributed by atoms with Crippen molar-refractivity contribution >= 4 is 5.71 Å². The molecule has 1 heteroatoms. The van der Waals surface area contributed by atoms with Crippen molar-refractivity contribution in [1.82, 2.24) is 0 Å². The zero-order chi connectivity index (χ0) is 9.56. The van der Waals surface area contributed by atoms with Crippen LogP contribution in [0.1, 0.15) is 33.6 Å². The largest absolute Gasteiger partial charge is 0.293 e. The quantitative estimate of drug-likeness (QED) is 0.447. The normalized spacial score (nSPS) is 13.3. The van der Waals surface area contributed by atoms with Gasteiger partial charge in [-0.2, -0.15) is 0 Å². The van der Waals surface area contributed by atoms with Crippen LogP contribution in [0, 0.1) is 0 Å². The van der Waals surface area contributed by atoms with E-state index in [1.165, 1.54) is 11.1 Å². The van der Waals surface area contributed by atoms with Gasteiger partial charge in [-0.15, -0.1) is 0 Å². The maximum Gasteiger partial charge on any atom is 0.0341 e. The van der Waals surface area contributed by atoms with E-state index in [1.54, 1.807) is 0 Å². The Morgan fingerprint density at radius 3 is 2.33 bits per heavy atom. The van der Waals surface area contributed by atoms with Crippen LogP contribution < -0.4 is 0 Å². The topological polar surface area (TPSA) is 12.4 Å². The molecule has 0 radical (unpaired) electrons. The lowest BCUT2D eigenvalue weighted by Gasteiger charge is -2.00. The Morgan fingerprint density at radius 1 is 1.42 bits per heavy atom. The van der Waals surface area contributed by atoms with Crippen molar-refractivity contribution in [3.8, 4) is 0 Å². The third-order valence-corrected chi connectivity index (χ3v) is 1.64. The minimum absolute atomic E-state index is 0.985. The van der Waals surface area contributed by atoms with Gasteiger partial charge in [0, 0.05) is 12.8 Å². The van der Waals surface area contributed by atoms with Gasteiger partial charge in [0.15, 0.2) is 0 Å². The first-order valence-corrected chi connectivity index (χ1v) is 4.37. The van der Waals surface area contributed by atoms with Crippen molar-refractivity contribution in [1.29, 1.82) is 0 Å². The molecule has 68 valence electrons. The monoisotopic (exact) mass is 165 g/mol. The molecular weight excluding hydrogens is 146 g/mol. The minimum Gasteiger partial charge on any atom is -0.293 e. The number of hydrogen-bond donors (Lipinski definition) is 0. The average molecular weight is 165 g/mol. The molecular formula is C11H19N. The molecule has 0 aromatic carbocycles. The highest BCUT2D eigenvalue weighted by Crippen LogP contribution is 2.08. The Hall–Kier alpha value is -0.850. The fourth-order valence-corrected chi connectivity index (χ4v) is 1.14. The lowest BCUT2D eigenvalue weighted by Crippen LogP contribution is -1.92. The summed E-state index contributed by atoms with van der Waals surface area (Å²) in [6, 6.07) is 0. The minimum atomic E-state index is 0.985. The summed E-state index contributed by atoms with van der Waals surface area (Å²) >= 11 is 0. The number of nitrogens with zero attached hydrogens (tertiary/aromatic N) is 1. The lowest BCUT2D eigenvalue weighted by atomic mass is 10.1. The van der Waals surface area contributed by atoms with E-state index >= 15 is 0 Å². The van der Waals surface area contributed by atoms with Gasteiger partial charge in [0.1, 0.15) is 0 Å². The molecule has 0 aliphatic carbocycles. The van der Waals surface area contributed by atoms with Crippen LogP contribution >= 0.6 is 0 Å². The van der Waals surface area contributed by atoms with Crippen molar-refractivity contribution in [2.75, 3.05) is 7.05 Å². The Kier molecular flexibility index (Phi) is 5.35. The molecule has 0 atom stereocenters. The summed E-state index contributed by atoms with van der Waals surface area (Å²) < 4.78 is 0. The first kappa shape index (κ1) is 11.2. The van der Waals surface area contributed by atoms with E-state index in [0.717, 1.165) is 18.6 Å². The maximum absolute atomic E-state index is 4.16. The first-order valence-electron chi connectivity index (χ1n) is 4.37. The first-order chi connectivity index (χ1) is 5.60. The van der Waals surface area contributed by atoms with Crippen molar-refractivity contribution < 1.29 is 0 Å². The van der Waals surface area contributed by atoms with Crippen LogP contribution in [0.2, 0.25) is 0 Å². The second kappa shape index (κ2) is 5.76. The Labute approximate surface area is 75.9 Å². The van der Waals surface area contributed by atoms with Crippen LogP contribution in [0.3, 0.4) is 0 Å². The van der Waals surface area contributed by atoms with Crippen molar-refractivity contribution in [3.05, 3.63) is 23.8 Å². The number of aliphatic imine (C=N–C) groups is 1. The molecule has 12 heavy (non-hydrogen) atoms. The fourth-order valence-electron chi connectivity index (χ4n) is 1.14. The molecule has 0 N–H and O–H groups in total. The van der Waals surface area contributed by atoms with Crippen molar-refractivity contribution in [3.63, 3.8) is 0 Å². The van der Waals surface area contributed by atoms with E-state index in [2.05, 4.69) is 31.5 Å². The van der Waals surface area contributed by atoms with Gasteiger partial charge in [-0.25, -0.2) is 0 Å². The summed E-state index contributed by atoms with van der Waals surface area (Å²) in [5.74, 6) is 0. The smallest absolute Gasteiger partial charge is 0.0341 e. The van der Waals surface area contributed by atoms with Crippen molar-refractivity contribution in [2.45, 2.75) is 33.6 Å². The molecule has 0 aromatic rings. The second-order valence-electron chi connectivity index (χ2n) is 3.19. The summed E-state index contributed by atoms with van der Waals surface area (Å²) in [4.78, 5) is 4.16. The van der Waals surface area contributed by atoms with E-state index in [0.29, 0.717) is 0 Å². The summed E-state index contributed by atoms with van der Waals surface area (Å²) in [6.45, 7) is 10.2. The summed E-state index contributed by atoms with van der Waals surface area (Å²) in [7, 11) is 1.84. The molecule has 0 heterocycles. The fraction of sp³-hybridized carbons (Fsp3) is 0.545. The van der Waals surface area contributed by atoms with E-state index in [-0.39, 0.29) is 0 Å². The third kappa shape index (κ3) is 4.89. The molecule has 0 bridgehead atoms. The van der Waals surface area contributed by atoms with Crippen LogP contribution in [-0.2, 0) is 0 Å². The molecule has 0 spiro atoms. The molecule has 0 unspecified atom stereocenters. The molecule has 0 saturated carbocycles. The average Bonchev–Trinajstić information content (AvgIpc) is 1.98. The standard InChI is InChI=1S/C11H19N/c1-6-11(12-5)8-10(4)7-9(2)3/h8H,2,6-7H2,1,3-5H3/b10-8+,12-11-. The van der Waals surface area contributed by atoms with Gasteiger partial charge in [-0.05, 0) is 32.8 Å². The SMILES string of the molecule is C=C(C)C/C(C)=C/C(CC)=N\C.